The molecular weight excluding hydrogens is 321 g/mol. The fourth-order valence-corrected chi connectivity index (χ4v) is 2.71. The predicted octanol–water partition coefficient (Wildman–Crippen LogP) is 2.69. The molecule has 0 aliphatic carbocycles. The summed E-state index contributed by atoms with van der Waals surface area (Å²) in [6.45, 7) is 2.36. The van der Waals surface area contributed by atoms with Crippen LogP contribution in [0.4, 0.5) is 0 Å². The summed E-state index contributed by atoms with van der Waals surface area (Å²) in [5.74, 6) is 0.247. The van der Waals surface area contributed by atoms with E-state index in [1.807, 2.05) is 30.3 Å². The third-order valence-corrected chi connectivity index (χ3v) is 3.84. The van der Waals surface area contributed by atoms with Gasteiger partial charge in [-0.15, -0.1) is 24.8 Å². The SMILES string of the molecule is Cl.Cl.O=C(NCc1cccc2cccnc12)C1CCCNC1. The van der Waals surface area contributed by atoms with Crippen molar-refractivity contribution in [1.29, 1.82) is 0 Å². The molecule has 2 heterocycles. The highest BCUT2D eigenvalue weighted by atomic mass is 35.5. The first-order valence-electron chi connectivity index (χ1n) is 7.15. The number of hydrogen-bond donors (Lipinski definition) is 2. The van der Waals surface area contributed by atoms with E-state index in [0.717, 1.165) is 42.4 Å². The zero-order chi connectivity index (χ0) is 13.8. The molecule has 22 heavy (non-hydrogen) atoms. The third kappa shape index (κ3) is 4.32. The molecule has 1 unspecified atom stereocenters. The molecule has 1 aliphatic heterocycles. The van der Waals surface area contributed by atoms with Crippen molar-refractivity contribution in [3.63, 3.8) is 0 Å². The van der Waals surface area contributed by atoms with Gasteiger partial charge in [-0.25, -0.2) is 0 Å². The topological polar surface area (TPSA) is 54.0 Å². The standard InChI is InChI=1S/C16H19N3O.2ClH/c20-16(14-7-2-8-17-10-14)19-11-13-5-1-4-12-6-3-9-18-15(12)13;;/h1,3-6,9,14,17H,2,7-8,10-11H2,(H,19,20);2*1H. The predicted molar refractivity (Wildman–Crippen MR) is 93.7 cm³/mol. The lowest BCUT2D eigenvalue weighted by molar-refractivity contribution is -0.125. The van der Waals surface area contributed by atoms with Gasteiger partial charge in [-0.3, -0.25) is 9.78 Å². The fourth-order valence-electron chi connectivity index (χ4n) is 2.71. The molecule has 1 aromatic heterocycles. The summed E-state index contributed by atoms with van der Waals surface area (Å²) < 4.78 is 0. The molecule has 2 N–H and O–H groups in total. The number of para-hydroxylation sites is 1. The number of halogens is 2. The molecule has 0 bridgehead atoms. The van der Waals surface area contributed by atoms with Gasteiger partial charge >= 0.3 is 0 Å². The average Bonchev–Trinajstić information content (AvgIpc) is 2.53. The lowest BCUT2D eigenvalue weighted by Crippen LogP contribution is -2.40. The van der Waals surface area contributed by atoms with Gasteiger partial charge in [0, 0.05) is 24.7 Å². The summed E-state index contributed by atoms with van der Waals surface area (Å²) in [5, 5.41) is 7.42. The Morgan fingerprint density at radius 2 is 2.09 bits per heavy atom. The summed E-state index contributed by atoms with van der Waals surface area (Å²) >= 11 is 0. The summed E-state index contributed by atoms with van der Waals surface area (Å²) in [5.41, 5.74) is 2.04. The highest BCUT2D eigenvalue weighted by Crippen LogP contribution is 2.16. The number of nitrogens with zero attached hydrogens (tertiary/aromatic N) is 1. The number of carbonyl (C=O) groups is 1. The highest BCUT2D eigenvalue weighted by Gasteiger charge is 2.20. The van der Waals surface area contributed by atoms with E-state index < -0.39 is 0 Å². The largest absolute Gasteiger partial charge is 0.352 e. The number of carbonyl (C=O) groups excluding carboxylic acids is 1. The van der Waals surface area contributed by atoms with Crippen molar-refractivity contribution in [2.45, 2.75) is 19.4 Å². The molecule has 1 amide bonds. The second-order valence-corrected chi connectivity index (χ2v) is 5.25. The van der Waals surface area contributed by atoms with Gasteiger partial charge in [0.25, 0.3) is 0 Å². The Morgan fingerprint density at radius 3 is 2.86 bits per heavy atom. The van der Waals surface area contributed by atoms with Crippen LogP contribution in [0.1, 0.15) is 18.4 Å². The van der Waals surface area contributed by atoms with Gasteiger partial charge in [-0.05, 0) is 31.0 Å². The smallest absolute Gasteiger partial charge is 0.224 e. The van der Waals surface area contributed by atoms with Gasteiger partial charge in [-0.1, -0.05) is 24.3 Å². The number of hydrogen-bond acceptors (Lipinski definition) is 3. The molecule has 1 fully saturated rings. The van der Waals surface area contributed by atoms with Gasteiger partial charge in [0.1, 0.15) is 0 Å². The van der Waals surface area contributed by atoms with Crippen molar-refractivity contribution >= 4 is 41.6 Å². The molecule has 0 radical (unpaired) electrons. The second-order valence-electron chi connectivity index (χ2n) is 5.25. The molecule has 1 aliphatic rings. The monoisotopic (exact) mass is 341 g/mol. The molecule has 0 spiro atoms. The van der Waals surface area contributed by atoms with Crippen molar-refractivity contribution in [3.8, 4) is 0 Å². The van der Waals surface area contributed by atoms with E-state index in [1.165, 1.54) is 0 Å². The summed E-state index contributed by atoms with van der Waals surface area (Å²) in [6, 6.07) is 10.0. The van der Waals surface area contributed by atoms with Crippen molar-refractivity contribution in [2.24, 2.45) is 5.92 Å². The van der Waals surface area contributed by atoms with E-state index >= 15 is 0 Å². The Kier molecular flexibility index (Phi) is 7.59. The fraction of sp³-hybridized carbons (Fsp3) is 0.375. The number of benzene rings is 1. The summed E-state index contributed by atoms with van der Waals surface area (Å²) in [6.07, 6.45) is 3.85. The molecule has 0 saturated carbocycles. The minimum absolute atomic E-state index is 0. The van der Waals surface area contributed by atoms with Gasteiger partial charge in [0.2, 0.25) is 5.91 Å². The summed E-state index contributed by atoms with van der Waals surface area (Å²) in [4.78, 5) is 16.5. The minimum atomic E-state index is 0. The Labute approximate surface area is 142 Å². The number of amides is 1. The lowest BCUT2D eigenvalue weighted by Gasteiger charge is -2.22. The number of fused-ring (bicyclic) bond motifs is 1. The maximum absolute atomic E-state index is 12.1. The minimum Gasteiger partial charge on any atom is -0.352 e. The number of rotatable bonds is 3. The molecule has 3 rings (SSSR count). The number of piperidine rings is 1. The molecule has 2 aromatic rings. The molecule has 1 aromatic carbocycles. The Morgan fingerprint density at radius 1 is 1.27 bits per heavy atom. The van der Waals surface area contributed by atoms with E-state index in [2.05, 4.69) is 15.6 Å². The lowest BCUT2D eigenvalue weighted by atomic mass is 9.98. The van der Waals surface area contributed by atoms with Crippen LogP contribution in [0.25, 0.3) is 10.9 Å². The first-order chi connectivity index (χ1) is 9.84. The first-order valence-corrected chi connectivity index (χ1v) is 7.15. The molecule has 120 valence electrons. The van der Waals surface area contributed by atoms with Gasteiger partial charge < -0.3 is 10.6 Å². The third-order valence-electron chi connectivity index (χ3n) is 3.84. The van der Waals surface area contributed by atoms with E-state index in [4.69, 9.17) is 0 Å². The van der Waals surface area contributed by atoms with E-state index in [1.54, 1.807) is 6.20 Å². The highest BCUT2D eigenvalue weighted by molar-refractivity contribution is 5.85. The van der Waals surface area contributed by atoms with E-state index in [-0.39, 0.29) is 36.6 Å². The molecular formula is C16H21Cl2N3O. The van der Waals surface area contributed by atoms with Crippen molar-refractivity contribution in [3.05, 3.63) is 42.1 Å². The Balaban J connectivity index is 0.00000121. The normalized spacial score (nSPS) is 17.2. The van der Waals surface area contributed by atoms with Gasteiger partial charge in [0.15, 0.2) is 0 Å². The molecule has 1 saturated heterocycles. The van der Waals surface area contributed by atoms with Crippen LogP contribution in [0.2, 0.25) is 0 Å². The average molecular weight is 342 g/mol. The number of aromatic nitrogens is 1. The van der Waals surface area contributed by atoms with Crippen LogP contribution in [0.15, 0.2) is 36.5 Å². The Bertz CT molecular complexity index is 610. The van der Waals surface area contributed by atoms with Crippen LogP contribution in [-0.4, -0.2) is 24.0 Å². The maximum atomic E-state index is 12.1. The first kappa shape index (κ1) is 18.7. The van der Waals surface area contributed by atoms with E-state index in [9.17, 15) is 4.79 Å². The summed E-state index contributed by atoms with van der Waals surface area (Å²) in [7, 11) is 0. The van der Waals surface area contributed by atoms with Crippen LogP contribution in [0.5, 0.6) is 0 Å². The van der Waals surface area contributed by atoms with Crippen molar-refractivity contribution < 1.29 is 4.79 Å². The second kappa shape index (κ2) is 8.93. The quantitative estimate of drug-likeness (QED) is 0.902. The molecule has 6 heteroatoms. The maximum Gasteiger partial charge on any atom is 0.224 e. The zero-order valence-corrected chi connectivity index (χ0v) is 13.9. The van der Waals surface area contributed by atoms with Crippen molar-refractivity contribution in [1.82, 2.24) is 15.6 Å². The number of nitrogens with one attached hydrogen (secondary N) is 2. The van der Waals surface area contributed by atoms with Crippen LogP contribution in [-0.2, 0) is 11.3 Å². The van der Waals surface area contributed by atoms with Crippen molar-refractivity contribution in [2.75, 3.05) is 13.1 Å². The Hall–Kier alpha value is -1.36. The van der Waals surface area contributed by atoms with Crippen LogP contribution in [0.3, 0.4) is 0 Å². The van der Waals surface area contributed by atoms with Crippen LogP contribution < -0.4 is 10.6 Å². The van der Waals surface area contributed by atoms with Gasteiger partial charge in [-0.2, -0.15) is 0 Å². The molecule has 4 nitrogen and oxygen atoms in total. The number of pyridine rings is 1. The van der Waals surface area contributed by atoms with Crippen LogP contribution >= 0.6 is 24.8 Å². The zero-order valence-electron chi connectivity index (χ0n) is 12.2. The van der Waals surface area contributed by atoms with Crippen LogP contribution in [0, 0.1) is 5.92 Å². The van der Waals surface area contributed by atoms with Gasteiger partial charge in [0.05, 0.1) is 11.4 Å². The van der Waals surface area contributed by atoms with E-state index in [0.29, 0.717) is 6.54 Å². The molecule has 1 atom stereocenters.